The van der Waals surface area contributed by atoms with Crippen LogP contribution in [0.25, 0.3) is 0 Å². The molecule has 0 aromatic heterocycles. The molecule has 5 rings (SSSR count). The predicted octanol–water partition coefficient (Wildman–Crippen LogP) is 3.06. The minimum Gasteiger partial charge on any atom is -0.372 e. The fourth-order valence-electron chi connectivity index (χ4n) is 6.32. The summed E-state index contributed by atoms with van der Waals surface area (Å²) in [6.07, 6.45) is 8.40. The Morgan fingerprint density at radius 1 is 0.758 bits per heavy atom. The maximum Gasteiger partial charge on any atom is 0.328 e. The molecule has 1 aromatic rings. The summed E-state index contributed by atoms with van der Waals surface area (Å²) in [5, 5.41) is 5.88. The lowest BCUT2D eigenvalue weighted by atomic mass is 9.78. The van der Waals surface area contributed by atoms with Gasteiger partial charge < -0.3 is 15.1 Å². The monoisotopic (exact) mass is 453 g/mol. The van der Waals surface area contributed by atoms with Crippen molar-refractivity contribution >= 4 is 23.3 Å². The summed E-state index contributed by atoms with van der Waals surface area (Å²) in [5.74, 6) is 2.49. The SMILES string of the molecule is O=C1CCN(c2ccc(N3CCC(C4CCN(CC5CCNCC5)CC4)CC3)cc2)C(=O)N1. The van der Waals surface area contributed by atoms with Crippen LogP contribution in [0.2, 0.25) is 0 Å². The number of nitrogens with zero attached hydrogens (tertiary/aromatic N) is 3. The first kappa shape index (κ1) is 22.7. The lowest BCUT2D eigenvalue weighted by Crippen LogP contribution is -2.49. The molecule has 1 aromatic carbocycles. The van der Waals surface area contributed by atoms with Crippen LogP contribution in [0.15, 0.2) is 24.3 Å². The molecular formula is C26H39N5O2. The summed E-state index contributed by atoms with van der Waals surface area (Å²) in [5.41, 5.74) is 2.09. The minimum absolute atomic E-state index is 0.191. The van der Waals surface area contributed by atoms with Gasteiger partial charge in [-0.2, -0.15) is 0 Å². The third-order valence-electron chi connectivity index (χ3n) is 8.39. The first-order chi connectivity index (χ1) is 16.2. The number of carbonyl (C=O) groups excluding carboxylic acids is 2. The molecular weight excluding hydrogens is 414 g/mol. The quantitative estimate of drug-likeness (QED) is 0.717. The molecule has 0 saturated carbocycles. The third-order valence-corrected chi connectivity index (χ3v) is 8.39. The molecule has 7 nitrogen and oxygen atoms in total. The molecule has 0 spiro atoms. The van der Waals surface area contributed by atoms with Crippen molar-refractivity contribution in [2.45, 2.75) is 44.9 Å². The number of likely N-dealkylation sites (tertiary alicyclic amines) is 1. The van der Waals surface area contributed by atoms with Crippen molar-refractivity contribution in [1.29, 1.82) is 0 Å². The van der Waals surface area contributed by atoms with Crippen molar-refractivity contribution in [1.82, 2.24) is 15.5 Å². The molecule has 0 bridgehead atoms. The standard InChI is InChI=1S/C26H39N5O2/c32-25-11-18-31(26(33)28-25)24-3-1-23(2-4-24)30-16-9-22(10-17-30)21-7-14-29(15-8-21)19-20-5-12-27-13-6-20/h1-4,20-22,27H,5-19H2,(H,28,32,33). The van der Waals surface area contributed by atoms with Crippen LogP contribution >= 0.6 is 0 Å². The summed E-state index contributed by atoms with van der Waals surface area (Å²) >= 11 is 0. The Kier molecular flexibility index (Phi) is 7.16. The molecule has 180 valence electrons. The Balaban J connectivity index is 1.07. The minimum atomic E-state index is -0.318. The van der Waals surface area contributed by atoms with Gasteiger partial charge in [-0.1, -0.05) is 0 Å². The predicted molar refractivity (Wildman–Crippen MR) is 132 cm³/mol. The number of nitrogens with one attached hydrogen (secondary N) is 2. The van der Waals surface area contributed by atoms with Gasteiger partial charge in [-0.25, -0.2) is 4.79 Å². The van der Waals surface area contributed by atoms with Crippen LogP contribution in [0.4, 0.5) is 16.2 Å². The Hall–Kier alpha value is -2.12. The average molecular weight is 454 g/mol. The van der Waals surface area contributed by atoms with E-state index in [2.05, 4.69) is 32.6 Å². The van der Waals surface area contributed by atoms with E-state index in [1.165, 1.54) is 76.9 Å². The number of hydrogen-bond donors (Lipinski definition) is 2. The normalized spacial score (nSPS) is 24.8. The molecule has 0 aliphatic carbocycles. The fourth-order valence-corrected chi connectivity index (χ4v) is 6.32. The van der Waals surface area contributed by atoms with Gasteiger partial charge in [0, 0.05) is 44.0 Å². The lowest BCUT2D eigenvalue weighted by Gasteiger charge is -2.41. The molecule has 0 atom stereocenters. The summed E-state index contributed by atoms with van der Waals surface area (Å²) in [6.45, 7) is 9.02. The summed E-state index contributed by atoms with van der Waals surface area (Å²) in [6, 6.07) is 7.95. The summed E-state index contributed by atoms with van der Waals surface area (Å²) < 4.78 is 0. The number of rotatable bonds is 5. The van der Waals surface area contributed by atoms with Crippen molar-refractivity contribution in [3.8, 4) is 0 Å². The molecule has 4 aliphatic heterocycles. The number of carbonyl (C=O) groups is 2. The van der Waals surface area contributed by atoms with E-state index in [-0.39, 0.29) is 11.9 Å². The van der Waals surface area contributed by atoms with Crippen LogP contribution in [-0.2, 0) is 4.79 Å². The second-order valence-electron chi connectivity index (χ2n) is 10.4. The van der Waals surface area contributed by atoms with Crippen molar-refractivity contribution in [3.05, 3.63) is 24.3 Å². The number of imide groups is 1. The van der Waals surface area contributed by atoms with Crippen LogP contribution in [0.5, 0.6) is 0 Å². The van der Waals surface area contributed by atoms with Crippen LogP contribution in [-0.4, -0.2) is 69.2 Å². The largest absolute Gasteiger partial charge is 0.372 e. The van der Waals surface area contributed by atoms with E-state index in [9.17, 15) is 9.59 Å². The van der Waals surface area contributed by atoms with Gasteiger partial charge in [0.1, 0.15) is 0 Å². The molecule has 2 N–H and O–H groups in total. The average Bonchev–Trinajstić information content (AvgIpc) is 2.86. The van der Waals surface area contributed by atoms with E-state index in [4.69, 9.17) is 0 Å². The third kappa shape index (κ3) is 5.52. The molecule has 0 radical (unpaired) electrons. The van der Waals surface area contributed by atoms with Gasteiger partial charge in [0.2, 0.25) is 5.91 Å². The highest BCUT2D eigenvalue weighted by molar-refractivity contribution is 6.05. The molecule has 4 aliphatic rings. The molecule has 4 fully saturated rings. The number of anilines is 2. The Morgan fingerprint density at radius 2 is 1.36 bits per heavy atom. The zero-order chi connectivity index (χ0) is 22.6. The highest BCUT2D eigenvalue weighted by Crippen LogP contribution is 2.34. The number of benzene rings is 1. The van der Waals surface area contributed by atoms with Gasteiger partial charge in [0.25, 0.3) is 0 Å². The van der Waals surface area contributed by atoms with Crippen molar-refractivity contribution in [2.24, 2.45) is 17.8 Å². The second-order valence-corrected chi connectivity index (χ2v) is 10.4. The fraction of sp³-hybridized carbons (Fsp3) is 0.692. The van der Waals surface area contributed by atoms with E-state index in [1.807, 2.05) is 12.1 Å². The van der Waals surface area contributed by atoms with Gasteiger partial charge in [-0.05, 0) is 107 Å². The molecule has 3 amide bonds. The Morgan fingerprint density at radius 3 is 2.00 bits per heavy atom. The number of piperidine rings is 3. The first-order valence-electron chi connectivity index (χ1n) is 13.0. The van der Waals surface area contributed by atoms with Crippen LogP contribution < -0.4 is 20.4 Å². The smallest absolute Gasteiger partial charge is 0.328 e. The van der Waals surface area contributed by atoms with Crippen LogP contribution in [0.3, 0.4) is 0 Å². The van der Waals surface area contributed by atoms with Crippen LogP contribution in [0, 0.1) is 17.8 Å². The lowest BCUT2D eigenvalue weighted by molar-refractivity contribution is -0.120. The number of amides is 3. The van der Waals surface area contributed by atoms with E-state index < -0.39 is 0 Å². The van der Waals surface area contributed by atoms with Crippen molar-refractivity contribution in [2.75, 3.05) is 62.2 Å². The zero-order valence-electron chi connectivity index (χ0n) is 19.8. The summed E-state index contributed by atoms with van der Waals surface area (Å²) in [7, 11) is 0. The maximum atomic E-state index is 12.1. The molecule has 0 unspecified atom stereocenters. The number of hydrogen-bond acceptors (Lipinski definition) is 5. The van der Waals surface area contributed by atoms with E-state index in [1.54, 1.807) is 4.90 Å². The van der Waals surface area contributed by atoms with Gasteiger partial charge in [0.15, 0.2) is 0 Å². The van der Waals surface area contributed by atoms with Gasteiger partial charge >= 0.3 is 6.03 Å². The van der Waals surface area contributed by atoms with Crippen molar-refractivity contribution in [3.63, 3.8) is 0 Å². The highest BCUT2D eigenvalue weighted by atomic mass is 16.2. The summed E-state index contributed by atoms with van der Waals surface area (Å²) in [4.78, 5) is 30.3. The highest BCUT2D eigenvalue weighted by Gasteiger charge is 2.31. The Labute approximate surface area is 197 Å². The van der Waals surface area contributed by atoms with Crippen molar-refractivity contribution < 1.29 is 9.59 Å². The number of urea groups is 1. The van der Waals surface area contributed by atoms with E-state index >= 15 is 0 Å². The van der Waals surface area contributed by atoms with Gasteiger partial charge in [-0.15, -0.1) is 0 Å². The van der Waals surface area contributed by atoms with Gasteiger partial charge in [0.05, 0.1) is 0 Å². The first-order valence-corrected chi connectivity index (χ1v) is 13.0. The second kappa shape index (κ2) is 10.4. The van der Waals surface area contributed by atoms with E-state index in [0.717, 1.165) is 36.5 Å². The van der Waals surface area contributed by atoms with E-state index in [0.29, 0.717) is 13.0 Å². The Bertz CT molecular complexity index is 806. The molecule has 33 heavy (non-hydrogen) atoms. The molecule has 4 saturated heterocycles. The van der Waals surface area contributed by atoms with Crippen LogP contribution in [0.1, 0.15) is 44.9 Å². The molecule has 4 heterocycles. The molecule has 7 heteroatoms. The zero-order valence-corrected chi connectivity index (χ0v) is 19.8. The van der Waals surface area contributed by atoms with Gasteiger partial charge in [-0.3, -0.25) is 15.0 Å². The topological polar surface area (TPSA) is 67.9 Å². The maximum absolute atomic E-state index is 12.1.